The third-order valence-corrected chi connectivity index (χ3v) is 4.78. The van der Waals surface area contributed by atoms with Gasteiger partial charge in [-0.05, 0) is 42.0 Å². The number of esters is 1. The number of amides is 1. The molecular formula is C24H17N3O3. The highest BCUT2D eigenvalue weighted by Gasteiger charge is 2.29. The molecule has 6 nitrogen and oxygen atoms in total. The molecule has 4 rings (SSSR count). The molecule has 1 heterocycles. The van der Waals surface area contributed by atoms with Gasteiger partial charge in [-0.25, -0.2) is 4.79 Å². The van der Waals surface area contributed by atoms with E-state index >= 15 is 0 Å². The molecule has 3 aromatic carbocycles. The van der Waals surface area contributed by atoms with Crippen molar-refractivity contribution in [3.05, 3.63) is 95.1 Å². The lowest BCUT2D eigenvalue weighted by Crippen LogP contribution is -2.10. The van der Waals surface area contributed by atoms with E-state index in [1.807, 2.05) is 30.3 Å². The van der Waals surface area contributed by atoms with Crippen molar-refractivity contribution in [2.75, 3.05) is 17.7 Å². The Morgan fingerprint density at radius 1 is 1.00 bits per heavy atom. The van der Waals surface area contributed by atoms with Crippen molar-refractivity contribution in [3.63, 3.8) is 0 Å². The van der Waals surface area contributed by atoms with Crippen molar-refractivity contribution in [3.8, 4) is 6.07 Å². The van der Waals surface area contributed by atoms with Crippen molar-refractivity contribution in [2.45, 2.75) is 0 Å². The number of hydrogen-bond donors (Lipinski definition) is 2. The maximum Gasteiger partial charge on any atom is 0.337 e. The lowest BCUT2D eigenvalue weighted by Gasteiger charge is -2.15. The molecule has 1 amide bonds. The number of benzene rings is 3. The van der Waals surface area contributed by atoms with Gasteiger partial charge in [-0.3, -0.25) is 4.79 Å². The molecule has 6 heteroatoms. The topological polar surface area (TPSA) is 91.2 Å². The summed E-state index contributed by atoms with van der Waals surface area (Å²) in [6.07, 6.45) is 0. The minimum absolute atomic E-state index is 0.271. The van der Waals surface area contributed by atoms with Crippen molar-refractivity contribution < 1.29 is 14.3 Å². The van der Waals surface area contributed by atoms with Gasteiger partial charge >= 0.3 is 5.97 Å². The minimum Gasteiger partial charge on any atom is -0.465 e. The minimum atomic E-state index is -0.469. The van der Waals surface area contributed by atoms with Gasteiger partial charge in [0, 0.05) is 11.3 Å². The number of fused-ring (bicyclic) bond motifs is 1. The van der Waals surface area contributed by atoms with E-state index in [1.165, 1.54) is 7.11 Å². The molecule has 0 saturated heterocycles. The number of ether oxygens (including phenoxy) is 1. The van der Waals surface area contributed by atoms with E-state index in [4.69, 9.17) is 10.00 Å². The van der Waals surface area contributed by atoms with Crippen LogP contribution in [-0.4, -0.2) is 19.0 Å². The lowest BCUT2D eigenvalue weighted by molar-refractivity contribution is -0.110. The van der Waals surface area contributed by atoms with E-state index in [0.717, 1.165) is 11.3 Å². The van der Waals surface area contributed by atoms with Crippen LogP contribution in [0.15, 0.2) is 72.8 Å². The summed E-state index contributed by atoms with van der Waals surface area (Å²) in [4.78, 5) is 24.8. The van der Waals surface area contributed by atoms with Gasteiger partial charge in [0.25, 0.3) is 5.91 Å². The van der Waals surface area contributed by atoms with Crippen LogP contribution in [0.2, 0.25) is 0 Å². The van der Waals surface area contributed by atoms with Crippen molar-refractivity contribution in [1.29, 1.82) is 5.26 Å². The van der Waals surface area contributed by atoms with Crippen LogP contribution in [0.4, 0.5) is 11.4 Å². The van der Waals surface area contributed by atoms with Crippen molar-refractivity contribution in [2.24, 2.45) is 0 Å². The fraction of sp³-hybridized carbons (Fsp3) is 0.0417. The average Bonchev–Trinajstić information content (AvgIpc) is 3.12. The zero-order chi connectivity index (χ0) is 21.1. The Balaban J connectivity index is 1.85. The number of nitrogens with one attached hydrogen (secondary N) is 2. The van der Waals surface area contributed by atoms with E-state index < -0.39 is 5.97 Å². The second-order valence-electron chi connectivity index (χ2n) is 6.64. The molecule has 0 radical (unpaired) electrons. The number of nitrogens with zero attached hydrogens (tertiary/aromatic N) is 1. The first-order chi connectivity index (χ1) is 14.6. The number of carbonyl (C=O) groups is 2. The predicted molar refractivity (Wildman–Crippen MR) is 114 cm³/mol. The molecule has 3 aromatic rings. The van der Waals surface area contributed by atoms with Gasteiger partial charge in [0.05, 0.1) is 41.3 Å². The molecule has 0 saturated carbocycles. The molecule has 0 bridgehead atoms. The normalized spacial score (nSPS) is 13.7. The highest BCUT2D eigenvalue weighted by atomic mass is 16.5. The molecule has 1 aliphatic heterocycles. The molecule has 0 spiro atoms. The largest absolute Gasteiger partial charge is 0.465 e. The van der Waals surface area contributed by atoms with Crippen molar-refractivity contribution >= 4 is 34.5 Å². The fourth-order valence-corrected chi connectivity index (χ4v) is 3.32. The van der Waals surface area contributed by atoms with E-state index in [1.54, 1.807) is 42.5 Å². The molecular weight excluding hydrogens is 378 g/mol. The maximum atomic E-state index is 12.9. The van der Waals surface area contributed by atoms with Crippen molar-refractivity contribution in [1.82, 2.24) is 0 Å². The molecule has 0 aromatic heterocycles. The molecule has 0 aliphatic carbocycles. The molecule has 146 valence electrons. The molecule has 2 N–H and O–H groups in total. The standard InChI is InChI=1S/C24H17N3O3/c1-30-24(29)17-9-12-19-20(13-17)27-23(28)21(19)22(16-5-3-2-4-6-16)26-18-10-7-15(14-25)8-11-18/h2-13,26H,1H3,(H,27,28)/b22-21-. The number of anilines is 2. The van der Waals surface area contributed by atoms with Gasteiger partial charge < -0.3 is 15.4 Å². The molecule has 30 heavy (non-hydrogen) atoms. The van der Waals surface area contributed by atoms with Crippen LogP contribution in [0, 0.1) is 11.3 Å². The third-order valence-electron chi connectivity index (χ3n) is 4.78. The third kappa shape index (κ3) is 3.52. The van der Waals surface area contributed by atoms with Gasteiger partial charge in [0.1, 0.15) is 0 Å². The summed E-state index contributed by atoms with van der Waals surface area (Å²) in [6, 6.07) is 23.6. The number of rotatable bonds is 4. The monoisotopic (exact) mass is 395 g/mol. The van der Waals surface area contributed by atoms with Gasteiger partial charge in [-0.1, -0.05) is 36.4 Å². The van der Waals surface area contributed by atoms with E-state index in [-0.39, 0.29) is 5.91 Å². The van der Waals surface area contributed by atoms with Crippen LogP contribution in [-0.2, 0) is 9.53 Å². The zero-order valence-electron chi connectivity index (χ0n) is 16.1. The highest BCUT2D eigenvalue weighted by Crippen LogP contribution is 2.38. The molecule has 0 unspecified atom stereocenters. The van der Waals surface area contributed by atoms with Gasteiger partial charge in [0.15, 0.2) is 0 Å². The summed E-state index contributed by atoms with van der Waals surface area (Å²) in [5, 5.41) is 15.2. The van der Waals surface area contributed by atoms with E-state index in [0.29, 0.717) is 33.6 Å². The zero-order valence-corrected chi connectivity index (χ0v) is 16.1. The lowest BCUT2D eigenvalue weighted by atomic mass is 9.99. The molecule has 0 atom stereocenters. The fourth-order valence-electron chi connectivity index (χ4n) is 3.32. The molecule has 0 fully saturated rings. The van der Waals surface area contributed by atoms with E-state index in [9.17, 15) is 9.59 Å². The summed E-state index contributed by atoms with van der Waals surface area (Å²) >= 11 is 0. The van der Waals surface area contributed by atoms with E-state index in [2.05, 4.69) is 16.7 Å². The number of nitriles is 1. The highest BCUT2D eigenvalue weighted by molar-refractivity contribution is 6.37. The summed E-state index contributed by atoms with van der Waals surface area (Å²) in [5.74, 6) is -0.740. The Bertz CT molecular complexity index is 1210. The van der Waals surface area contributed by atoms with Crippen LogP contribution < -0.4 is 10.6 Å². The number of hydrogen-bond acceptors (Lipinski definition) is 5. The van der Waals surface area contributed by atoms with Crippen LogP contribution in [0.3, 0.4) is 0 Å². The second-order valence-corrected chi connectivity index (χ2v) is 6.64. The Morgan fingerprint density at radius 3 is 2.40 bits per heavy atom. The quantitative estimate of drug-likeness (QED) is 0.508. The van der Waals surface area contributed by atoms with Crippen LogP contribution in [0.25, 0.3) is 11.3 Å². The summed E-state index contributed by atoms with van der Waals surface area (Å²) < 4.78 is 4.77. The first-order valence-electron chi connectivity index (χ1n) is 9.21. The van der Waals surface area contributed by atoms with Crippen LogP contribution in [0.5, 0.6) is 0 Å². The van der Waals surface area contributed by atoms with Gasteiger partial charge in [-0.2, -0.15) is 5.26 Å². The van der Waals surface area contributed by atoms with Gasteiger partial charge in [0.2, 0.25) is 0 Å². The first-order valence-corrected chi connectivity index (χ1v) is 9.21. The Morgan fingerprint density at radius 2 is 1.73 bits per heavy atom. The average molecular weight is 395 g/mol. The predicted octanol–water partition coefficient (Wildman–Crippen LogP) is 4.28. The smallest absolute Gasteiger partial charge is 0.337 e. The number of carbonyl (C=O) groups excluding carboxylic acids is 2. The summed E-state index contributed by atoms with van der Waals surface area (Å²) in [6.45, 7) is 0. The second kappa shape index (κ2) is 7.94. The SMILES string of the molecule is COC(=O)c1ccc2c(c1)NC(=O)/C2=C(\Nc1ccc(C#N)cc1)c1ccccc1. The van der Waals surface area contributed by atoms with Crippen LogP contribution in [0.1, 0.15) is 27.0 Å². The Labute approximate surface area is 173 Å². The Hall–Kier alpha value is -4.37. The Kier molecular flexibility index (Phi) is 5.02. The molecule has 1 aliphatic rings. The first kappa shape index (κ1) is 19.0. The van der Waals surface area contributed by atoms with Gasteiger partial charge in [-0.15, -0.1) is 0 Å². The maximum absolute atomic E-state index is 12.9. The summed E-state index contributed by atoms with van der Waals surface area (Å²) in [5.41, 5.74) is 4.82. The van der Waals surface area contributed by atoms with Crippen LogP contribution >= 0.6 is 0 Å². The summed E-state index contributed by atoms with van der Waals surface area (Å²) in [7, 11) is 1.31. The number of methoxy groups -OCH3 is 1.